The molecule has 2 aromatic heterocycles. The topological polar surface area (TPSA) is 144 Å². The van der Waals surface area contributed by atoms with Gasteiger partial charge in [-0.3, -0.25) is 4.57 Å². The molecule has 2 heterocycles. The third kappa shape index (κ3) is 7.08. The van der Waals surface area contributed by atoms with E-state index in [1.54, 1.807) is 18.0 Å². The van der Waals surface area contributed by atoms with Gasteiger partial charge in [0.05, 0.1) is 38.3 Å². The smallest absolute Gasteiger partial charge is 0.353 e. The van der Waals surface area contributed by atoms with Crippen molar-refractivity contribution in [1.82, 2.24) is 19.5 Å². The van der Waals surface area contributed by atoms with Crippen molar-refractivity contribution >= 4 is 24.6 Å². The third-order valence-corrected chi connectivity index (χ3v) is 4.77. The average Bonchev–Trinajstić information content (AvgIpc) is 3.05. The van der Waals surface area contributed by atoms with E-state index in [2.05, 4.69) is 15.0 Å². The molecule has 0 aliphatic rings. The third-order valence-electron chi connectivity index (χ3n) is 3.70. The molecule has 0 saturated heterocycles. The second-order valence-electron chi connectivity index (χ2n) is 6.44. The van der Waals surface area contributed by atoms with Gasteiger partial charge < -0.3 is 33.9 Å². The standard InChI is InChI=1S/C16H28N5O6P/c1-12(2)25-8-13(26-11-28(22,23)27-6-4-5-24-3)7-21-10-20-14-15(17)18-9-19-16(14)21/h9-10,12-13H,4-8,11H2,1-3H3,(H,22,23)(H2,17,18,19)/t13-/m1/s1. The molecule has 0 aliphatic carbocycles. The molecule has 3 N–H and O–H groups in total. The van der Waals surface area contributed by atoms with Crippen molar-refractivity contribution < 1.29 is 28.2 Å². The molecule has 12 heteroatoms. The first-order chi connectivity index (χ1) is 13.3. The molecular weight excluding hydrogens is 389 g/mol. The minimum absolute atomic E-state index is 0.0187. The van der Waals surface area contributed by atoms with Crippen LogP contribution < -0.4 is 5.73 Å². The van der Waals surface area contributed by atoms with E-state index in [-0.39, 0.29) is 25.1 Å². The molecule has 0 aromatic carbocycles. The lowest BCUT2D eigenvalue weighted by molar-refractivity contribution is -0.0320. The summed E-state index contributed by atoms with van der Waals surface area (Å²) in [7, 11) is -2.33. The summed E-state index contributed by atoms with van der Waals surface area (Å²) >= 11 is 0. The van der Waals surface area contributed by atoms with Crippen LogP contribution in [0.2, 0.25) is 0 Å². The van der Waals surface area contributed by atoms with E-state index in [4.69, 9.17) is 24.5 Å². The number of nitrogen functional groups attached to an aromatic ring is 1. The summed E-state index contributed by atoms with van der Waals surface area (Å²) in [5, 5.41) is 0. The number of imidazole rings is 1. The first kappa shape index (κ1) is 22.7. The van der Waals surface area contributed by atoms with E-state index in [0.717, 1.165) is 0 Å². The first-order valence-corrected chi connectivity index (χ1v) is 10.7. The van der Waals surface area contributed by atoms with Crippen molar-refractivity contribution in [3.05, 3.63) is 12.7 Å². The van der Waals surface area contributed by atoms with Crippen LogP contribution in [0.3, 0.4) is 0 Å². The van der Waals surface area contributed by atoms with Gasteiger partial charge in [-0.2, -0.15) is 0 Å². The highest BCUT2D eigenvalue weighted by molar-refractivity contribution is 7.52. The van der Waals surface area contributed by atoms with Crippen molar-refractivity contribution in [3.63, 3.8) is 0 Å². The van der Waals surface area contributed by atoms with Crippen molar-refractivity contribution in [2.24, 2.45) is 0 Å². The monoisotopic (exact) mass is 417 g/mol. The highest BCUT2D eigenvalue weighted by atomic mass is 31.2. The van der Waals surface area contributed by atoms with Crippen molar-refractivity contribution in [3.8, 4) is 0 Å². The Kier molecular flexibility index (Phi) is 8.74. The predicted molar refractivity (Wildman–Crippen MR) is 103 cm³/mol. The SMILES string of the molecule is COCCCOP(=O)(O)CO[C@@H](COC(C)C)Cn1cnc2c(N)ncnc21. The van der Waals surface area contributed by atoms with E-state index >= 15 is 0 Å². The highest BCUT2D eigenvalue weighted by Gasteiger charge is 2.24. The van der Waals surface area contributed by atoms with Crippen LogP contribution in [-0.4, -0.2) is 69.9 Å². The van der Waals surface area contributed by atoms with Gasteiger partial charge in [0.25, 0.3) is 0 Å². The summed E-state index contributed by atoms with van der Waals surface area (Å²) in [6.07, 6.45) is 2.46. The van der Waals surface area contributed by atoms with Crippen LogP contribution in [0.15, 0.2) is 12.7 Å². The van der Waals surface area contributed by atoms with Crippen LogP contribution in [0, 0.1) is 0 Å². The van der Waals surface area contributed by atoms with Crippen LogP contribution in [0.5, 0.6) is 0 Å². The molecule has 0 radical (unpaired) electrons. The Hall–Kier alpha value is -1.62. The number of hydrogen-bond donors (Lipinski definition) is 2. The van der Waals surface area contributed by atoms with Crippen LogP contribution in [0.1, 0.15) is 20.3 Å². The lowest BCUT2D eigenvalue weighted by atomic mass is 10.3. The van der Waals surface area contributed by atoms with Gasteiger partial charge in [-0.1, -0.05) is 0 Å². The minimum atomic E-state index is -3.88. The lowest BCUT2D eigenvalue weighted by Crippen LogP contribution is -2.27. The molecule has 2 rings (SSSR count). The molecule has 0 fully saturated rings. The normalized spacial score (nSPS) is 15.2. The fourth-order valence-corrected chi connectivity index (χ4v) is 3.24. The maximum Gasteiger partial charge on any atom is 0.353 e. The van der Waals surface area contributed by atoms with E-state index in [9.17, 15) is 9.46 Å². The molecule has 0 aliphatic heterocycles. The zero-order valence-corrected chi connectivity index (χ0v) is 17.2. The Morgan fingerprint density at radius 3 is 2.75 bits per heavy atom. The molecule has 0 saturated carbocycles. The lowest BCUT2D eigenvalue weighted by Gasteiger charge is -2.21. The van der Waals surface area contributed by atoms with Gasteiger partial charge in [0.2, 0.25) is 0 Å². The van der Waals surface area contributed by atoms with Gasteiger partial charge in [0, 0.05) is 13.7 Å². The van der Waals surface area contributed by atoms with Crippen LogP contribution in [-0.2, 0) is 29.8 Å². The zero-order valence-electron chi connectivity index (χ0n) is 16.4. The van der Waals surface area contributed by atoms with Gasteiger partial charge in [0.15, 0.2) is 11.5 Å². The molecular formula is C16H28N5O6P. The number of anilines is 1. The Morgan fingerprint density at radius 1 is 1.25 bits per heavy atom. The zero-order chi connectivity index (χ0) is 20.6. The summed E-state index contributed by atoms with van der Waals surface area (Å²) in [6, 6.07) is 0. The van der Waals surface area contributed by atoms with Crippen molar-refractivity contribution in [2.75, 3.05) is 39.0 Å². The van der Waals surface area contributed by atoms with Gasteiger partial charge in [0.1, 0.15) is 18.2 Å². The molecule has 1 unspecified atom stereocenters. The summed E-state index contributed by atoms with van der Waals surface area (Å²) < 4.78 is 35.1. The Morgan fingerprint density at radius 2 is 2.04 bits per heavy atom. The van der Waals surface area contributed by atoms with Crippen LogP contribution in [0.4, 0.5) is 5.82 Å². The Bertz CT molecular complexity index is 786. The maximum atomic E-state index is 12.1. The number of rotatable bonds is 13. The molecule has 2 atom stereocenters. The average molecular weight is 417 g/mol. The number of fused-ring (bicyclic) bond motifs is 1. The molecule has 2 aromatic rings. The highest BCUT2D eigenvalue weighted by Crippen LogP contribution is 2.42. The van der Waals surface area contributed by atoms with Crippen LogP contribution >= 0.6 is 7.60 Å². The molecule has 28 heavy (non-hydrogen) atoms. The second kappa shape index (κ2) is 10.8. The van der Waals surface area contributed by atoms with Gasteiger partial charge in [-0.15, -0.1) is 0 Å². The number of aromatic nitrogens is 4. The quantitative estimate of drug-likeness (QED) is 0.362. The molecule has 11 nitrogen and oxygen atoms in total. The van der Waals surface area contributed by atoms with Crippen molar-refractivity contribution in [2.45, 2.75) is 39.0 Å². The Balaban J connectivity index is 2.00. The summed E-state index contributed by atoms with van der Waals surface area (Å²) in [6.45, 7) is 4.89. The van der Waals surface area contributed by atoms with E-state index in [0.29, 0.717) is 30.7 Å². The van der Waals surface area contributed by atoms with Gasteiger partial charge >= 0.3 is 7.60 Å². The summed E-state index contributed by atoms with van der Waals surface area (Å²) in [5.74, 6) is 0.281. The van der Waals surface area contributed by atoms with Gasteiger partial charge in [-0.25, -0.2) is 15.0 Å². The second-order valence-corrected chi connectivity index (χ2v) is 8.24. The van der Waals surface area contributed by atoms with Crippen LogP contribution in [0.25, 0.3) is 11.2 Å². The summed E-state index contributed by atoms with van der Waals surface area (Å²) in [4.78, 5) is 22.3. The number of ether oxygens (including phenoxy) is 3. The number of hydrogen-bond acceptors (Lipinski definition) is 9. The predicted octanol–water partition coefficient (Wildman–Crippen LogP) is 1.41. The largest absolute Gasteiger partial charge is 0.385 e. The number of nitrogens with zero attached hydrogens (tertiary/aromatic N) is 4. The fourth-order valence-electron chi connectivity index (χ4n) is 2.35. The molecule has 0 amide bonds. The van der Waals surface area contributed by atoms with E-state index < -0.39 is 20.0 Å². The molecule has 0 bridgehead atoms. The minimum Gasteiger partial charge on any atom is -0.385 e. The van der Waals surface area contributed by atoms with Gasteiger partial charge in [-0.05, 0) is 20.3 Å². The number of nitrogens with two attached hydrogens (primary N) is 1. The van der Waals surface area contributed by atoms with E-state index in [1.807, 2.05) is 13.8 Å². The number of methoxy groups -OCH3 is 1. The Labute approximate surface area is 163 Å². The summed E-state index contributed by atoms with van der Waals surface area (Å²) in [5.41, 5.74) is 6.84. The molecule has 158 valence electrons. The maximum absolute atomic E-state index is 12.1. The molecule has 0 spiro atoms. The van der Waals surface area contributed by atoms with Crippen molar-refractivity contribution in [1.29, 1.82) is 0 Å². The fraction of sp³-hybridized carbons (Fsp3) is 0.688. The first-order valence-electron chi connectivity index (χ1n) is 8.92. The van der Waals surface area contributed by atoms with E-state index in [1.165, 1.54) is 6.33 Å².